The lowest BCUT2D eigenvalue weighted by Gasteiger charge is -2.22. The van der Waals surface area contributed by atoms with Crippen LogP contribution in [0.3, 0.4) is 0 Å². The van der Waals surface area contributed by atoms with Gasteiger partial charge in [0.2, 0.25) is 10.0 Å². The topological polar surface area (TPSA) is 90.0 Å². The van der Waals surface area contributed by atoms with E-state index in [1.165, 1.54) is 17.1 Å². The fourth-order valence-corrected chi connectivity index (χ4v) is 3.80. The van der Waals surface area contributed by atoms with Crippen molar-refractivity contribution in [2.24, 2.45) is 18.7 Å². The third-order valence-corrected chi connectivity index (χ3v) is 4.97. The number of sulfonamides is 1. The minimum atomic E-state index is -3.50. The Morgan fingerprint density at radius 1 is 1.56 bits per heavy atom. The molecule has 18 heavy (non-hydrogen) atoms. The van der Waals surface area contributed by atoms with Gasteiger partial charge in [0.1, 0.15) is 4.90 Å². The first-order valence-corrected chi connectivity index (χ1v) is 7.72. The van der Waals surface area contributed by atoms with Gasteiger partial charge in [0.25, 0.3) is 0 Å². The number of nitrogens with zero attached hydrogens (tertiary/aromatic N) is 2. The van der Waals surface area contributed by atoms with Crippen LogP contribution in [-0.2, 0) is 17.1 Å². The molecule has 1 atom stereocenters. The van der Waals surface area contributed by atoms with Crippen molar-refractivity contribution in [3.8, 4) is 0 Å². The summed E-state index contributed by atoms with van der Waals surface area (Å²) in [4.78, 5) is 0.196. The number of nitrogens with one attached hydrogen (secondary N) is 1. The molecule has 6 nitrogen and oxygen atoms in total. The highest BCUT2D eigenvalue weighted by molar-refractivity contribution is 7.89. The quantitative estimate of drug-likeness (QED) is 0.802. The van der Waals surface area contributed by atoms with Gasteiger partial charge in [0.05, 0.1) is 6.20 Å². The molecule has 3 N–H and O–H groups in total. The van der Waals surface area contributed by atoms with Gasteiger partial charge in [-0.15, -0.1) is 0 Å². The van der Waals surface area contributed by atoms with Gasteiger partial charge in [-0.3, -0.25) is 4.68 Å². The minimum Gasteiger partial charge on any atom is -0.329 e. The van der Waals surface area contributed by atoms with Crippen molar-refractivity contribution in [1.82, 2.24) is 14.5 Å². The molecule has 7 heteroatoms. The number of rotatable bonds is 5. The normalized spacial score (nSPS) is 19.2. The van der Waals surface area contributed by atoms with E-state index in [0.717, 1.165) is 25.7 Å². The van der Waals surface area contributed by atoms with Crippen molar-refractivity contribution >= 4 is 10.0 Å². The third kappa shape index (κ3) is 2.90. The van der Waals surface area contributed by atoms with Gasteiger partial charge < -0.3 is 5.73 Å². The zero-order valence-electron chi connectivity index (χ0n) is 10.5. The first-order chi connectivity index (χ1) is 8.53. The maximum atomic E-state index is 12.2. The van der Waals surface area contributed by atoms with Crippen molar-refractivity contribution in [3.05, 3.63) is 12.4 Å². The maximum Gasteiger partial charge on any atom is 0.243 e. The van der Waals surface area contributed by atoms with Crippen LogP contribution in [0.15, 0.2) is 17.3 Å². The third-order valence-electron chi connectivity index (χ3n) is 3.52. The number of nitrogens with two attached hydrogens (primary N) is 1. The fraction of sp³-hybridized carbons (Fsp3) is 0.727. The van der Waals surface area contributed by atoms with E-state index in [1.807, 2.05) is 0 Å². The highest BCUT2D eigenvalue weighted by atomic mass is 32.2. The Balaban J connectivity index is 2.10. The van der Waals surface area contributed by atoms with Crippen LogP contribution in [0.5, 0.6) is 0 Å². The number of hydrogen-bond donors (Lipinski definition) is 2. The molecule has 1 saturated carbocycles. The Labute approximate surface area is 108 Å². The molecule has 0 aromatic carbocycles. The molecule has 0 aliphatic heterocycles. The van der Waals surface area contributed by atoms with Crippen molar-refractivity contribution in [2.75, 3.05) is 6.54 Å². The zero-order valence-corrected chi connectivity index (χ0v) is 11.4. The molecule has 102 valence electrons. The lowest BCUT2D eigenvalue weighted by molar-refractivity contribution is 0.405. The highest BCUT2D eigenvalue weighted by Crippen LogP contribution is 2.28. The lowest BCUT2D eigenvalue weighted by Crippen LogP contribution is -2.44. The van der Waals surface area contributed by atoms with Gasteiger partial charge in [-0.05, 0) is 18.8 Å². The Bertz CT molecular complexity index is 491. The average molecular weight is 272 g/mol. The predicted molar refractivity (Wildman–Crippen MR) is 68.3 cm³/mol. The van der Waals surface area contributed by atoms with E-state index in [-0.39, 0.29) is 10.9 Å². The smallest absolute Gasteiger partial charge is 0.243 e. The summed E-state index contributed by atoms with van der Waals surface area (Å²) in [5.41, 5.74) is 5.70. The van der Waals surface area contributed by atoms with Gasteiger partial charge >= 0.3 is 0 Å². The van der Waals surface area contributed by atoms with E-state index in [1.54, 1.807) is 7.05 Å². The monoisotopic (exact) mass is 272 g/mol. The highest BCUT2D eigenvalue weighted by Gasteiger charge is 2.28. The molecule has 1 aromatic rings. The molecule has 1 aromatic heterocycles. The molecule has 1 aliphatic carbocycles. The predicted octanol–water partition coefficient (Wildman–Crippen LogP) is 0.216. The fourth-order valence-electron chi connectivity index (χ4n) is 2.50. The van der Waals surface area contributed by atoms with Crippen molar-refractivity contribution < 1.29 is 8.42 Å². The summed E-state index contributed by atoms with van der Waals surface area (Å²) in [6, 6.07) is -0.169. The van der Waals surface area contributed by atoms with Crippen LogP contribution >= 0.6 is 0 Å². The van der Waals surface area contributed by atoms with Crippen LogP contribution < -0.4 is 10.5 Å². The molecule has 1 fully saturated rings. The molecular weight excluding hydrogens is 252 g/mol. The summed E-state index contributed by atoms with van der Waals surface area (Å²) in [6.45, 7) is 0.337. The number of hydrogen-bond acceptors (Lipinski definition) is 4. The summed E-state index contributed by atoms with van der Waals surface area (Å²) in [5, 5.41) is 3.88. The van der Waals surface area contributed by atoms with E-state index < -0.39 is 10.0 Å². The zero-order chi connectivity index (χ0) is 13.2. The maximum absolute atomic E-state index is 12.2. The summed E-state index contributed by atoms with van der Waals surface area (Å²) in [5.74, 6) is 0.362. The average Bonchev–Trinajstić information content (AvgIpc) is 2.96. The number of aromatic nitrogens is 2. The molecule has 1 heterocycles. The standard InChI is InChI=1S/C11H20N4O2S/c1-15-8-10(7-13-15)18(16,17)14-11(6-12)9-4-2-3-5-9/h7-9,11,14H,2-6,12H2,1H3. The second-order valence-electron chi connectivity index (χ2n) is 4.86. The van der Waals surface area contributed by atoms with Crippen LogP contribution in [-0.4, -0.2) is 30.8 Å². The second-order valence-corrected chi connectivity index (χ2v) is 6.57. The Morgan fingerprint density at radius 2 is 2.22 bits per heavy atom. The molecular formula is C11H20N4O2S. The molecule has 1 unspecified atom stereocenters. The molecule has 0 amide bonds. The number of aryl methyl sites for hydroxylation is 1. The Morgan fingerprint density at radius 3 is 2.72 bits per heavy atom. The van der Waals surface area contributed by atoms with Crippen molar-refractivity contribution in [2.45, 2.75) is 36.6 Å². The van der Waals surface area contributed by atoms with Crippen LogP contribution in [0.1, 0.15) is 25.7 Å². The summed E-state index contributed by atoms with van der Waals surface area (Å²) < 4.78 is 28.5. The largest absolute Gasteiger partial charge is 0.329 e. The molecule has 0 spiro atoms. The van der Waals surface area contributed by atoms with E-state index in [4.69, 9.17) is 5.73 Å². The SMILES string of the molecule is Cn1cc(S(=O)(=O)NC(CN)C2CCCC2)cn1. The molecule has 0 bridgehead atoms. The Hall–Kier alpha value is -0.920. The van der Waals surface area contributed by atoms with Crippen LogP contribution in [0.25, 0.3) is 0 Å². The molecule has 0 saturated heterocycles. The van der Waals surface area contributed by atoms with Gasteiger partial charge in [-0.2, -0.15) is 5.10 Å². The van der Waals surface area contributed by atoms with Crippen LogP contribution in [0.2, 0.25) is 0 Å². The minimum absolute atomic E-state index is 0.169. The summed E-state index contributed by atoms with van der Waals surface area (Å²) in [7, 11) is -1.81. The summed E-state index contributed by atoms with van der Waals surface area (Å²) in [6.07, 6.45) is 7.27. The van der Waals surface area contributed by atoms with Gasteiger partial charge in [0, 0.05) is 25.8 Å². The van der Waals surface area contributed by atoms with Gasteiger partial charge in [-0.25, -0.2) is 13.1 Å². The van der Waals surface area contributed by atoms with Crippen molar-refractivity contribution in [1.29, 1.82) is 0 Å². The van der Waals surface area contributed by atoms with Crippen LogP contribution in [0.4, 0.5) is 0 Å². The van der Waals surface area contributed by atoms with E-state index in [0.29, 0.717) is 12.5 Å². The first-order valence-electron chi connectivity index (χ1n) is 6.24. The van der Waals surface area contributed by atoms with Crippen LogP contribution in [0, 0.1) is 5.92 Å². The van der Waals surface area contributed by atoms with E-state index in [9.17, 15) is 8.42 Å². The van der Waals surface area contributed by atoms with Gasteiger partial charge in [-0.1, -0.05) is 12.8 Å². The van der Waals surface area contributed by atoms with E-state index >= 15 is 0 Å². The second kappa shape index (κ2) is 5.38. The summed E-state index contributed by atoms with van der Waals surface area (Å²) >= 11 is 0. The first kappa shape index (κ1) is 13.5. The molecule has 1 aliphatic rings. The Kier molecular flexibility index (Phi) is 4.04. The van der Waals surface area contributed by atoms with E-state index in [2.05, 4.69) is 9.82 Å². The van der Waals surface area contributed by atoms with Gasteiger partial charge in [0.15, 0.2) is 0 Å². The molecule has 0 radical (unpaired) electrons. The molecule has 2 rings (SSSR count). The lowest BCUT2D eigenvalue weighted by atomic mass is 9.99. The van der Waals surface area contributed by atoms with Crippen molar-refractivity contribution in [3.63, 3.8) is 0 Å².